The third-order valence-corrected chi connectivity index (χ3v) is 3.54. The SMILES string of the molecule is OCCOc1ccccc1OC(CO)c1cc(CO)ccc1CO. The van der Waals surface area contributed by atoms with E-state index in [-0.39, 0.29) is 33.0 Å². The molecule has 0 heterocycles. The van der Waals surface area contributed by atoms with Crippen molar-refractivity contribution in [2.75, 3.05) is 19.8 Å². The number of aliphatic hydroxyl groups is 4. The summed E-state index contributed by atoms with van der Waals surface area (Å²) in [5, 5.41) is 37.4. The molecule has 0 amide bonds. The van der Waals surface area contributed by atoms with Crippen molar-refractivity contribution in [2.24, 2.45) is 0 Å². The number of ether oxygens (including phenoxy) is 2. The molecule has 24 heavy (non-hydrogen) atoms. The molecule has 0 aromatic heterocycles. The molecule has 130 valence electrons. The van der Waals surface area contributed by atoms with Crippen LogP contribution in [0, 0.1) is 0 Å². The number of aliphatic hydroxyl groups excluding tert-OH is 4. The number of hydrogen-bond acceptors (Lipinski definition) is 6. The summed E-state index contributed by atoms with van der Waals surface area (Å²) in [4.78, 5) is 0. The predicted molar refractivity (Wildman–Crippen MR) is 87.8 cm³/mol. The Labute approximate surface area is 140 Å². The van der Waals surface area contributed by atoms with Gasteiger partial charge in [0.2, 0.25) is 0 Å². The van der Waals surface area contributed by atoms with E-state index in [4.69, 9.17) is 14.6 Å². The summed E-state index contributed by atoms with van der Waals surface area (Å²) in [5.41, 5.74) is 1.87. The van der Waals surface area contributed by atoms with Crippen molar-refractivity contribution in [3.05, 3.63) is 59.2 Å². The van der Waals surface area contributed by atoms with Gasteiger partial charge < -0.3 is 29.9 Å². The molecular weight excluding hydrogens is 312 g/mol. The van der Waals surface area contributed by atoms with Crippen LogP contribution >= 0.6 is 0 Å². The summed E-state index contributed by atoms with van der Waals surface area (Å²) >= 11 is 0. The normalized spacial score (nSPS) is 12.0. The van der Waals surface area contributed by atoms with Crippen molar-refractivity contribution in [1.82, 2.24) is 0 Å². The first-order valence-electron chi connectivity index (χ1n) is 7.67. The minimum Gasteiger partial charge on any atom is -0.487 e. The minimum absolute atomic E-state index is 0.120. The average Bonchev–Trinajstić information content (AvgIpc) is 2.64. The lowest BCUT2D eigenvalue weighted by atomic mass is 10.00. The first-order valence-corrected chi connectivity index (χ1v) is 7.67. The molecule has 0 radical (unpaired) electrons. The van der Waals surface area contributed by atoms with Crippen LogP contribution in [0.25, 0.3) is 0 Å². The summed E-state index contributed by atoms with van der Waals surface area (Å²) in [6.07, 6.45) is -0.725. The third kappa shape index (κ3) is 4.46. The maximum absolute atomic E-state index is 9.74. The molecule has 6 nitrogen and oxygen atoms in total. The van der Waals surface area contributed by atoms with Crippen LogP contribution in [-0.2, 0) is 13.2 Å². The summed E-state index contributed by atoms with van der Waals surface area (Å²) in [6.45, 7) is -0.649. The van der Waals surface area contributed by atoms with Gasteiger partial charge in [-0.25, -0.2) is 0 Å². The monoisotopic (exact) mass is 334 g/mol. The Balaban J connectivity index is 2.30. The quantitative estimate of drug-likeness (QED) is 0.549. The number of benzene rings is 2. The van der Waals surface area contributed by atoms with Crippen molar-refractivity contribution >= 4 is 0 Å². The first-order chi connectivity index (χ1) is 11.7. The summed E-state index contributed by atoms with van der Waals surface area (Å²) < 4.78 is 11.3. The zero-order valence-corrected chi connectivity index (χ0v) is 13.3. The van der Waals surface area contributed by atoms with E-state index in [0.29, 0.717) is 28.2 Å². The fourth-order valence-corrected chi connectivity index (χ4v) is 2.36. The molecule has 0 fully saturated rings. The van der Waals surface area contributed by atoms with Crippen molar-refractivity contribution in [3.8, 4) is 11.5 Å². The highest BCUT2D eigenvalue weighted by molar-refractivity contribution is 5.41. The maximum atomic E-state index is 9.74. The molecule has 0 aliphatic rings. The first kappa shape index (κ1) is 18.2. The minimum atomic E-state index is -0.725. The molecule has 0 saturated heterocycles. The van der Waals surface area contributed by atoms with Crippen molar-refractivity contribution in [1.29, 1.82) is 0 Å². The van der Waals surface area contributed by atoms with Crippen LogP contribution in [0.5, 0.6) is 11.5 Å². The van der Waals surface area contributed by atoms with Crippen molar-refractivity contribution in [3.63, 3.8) is 0 Å². The van der Waals surface area contributed by atoms with E-state index in [2.05, 4.69) is 0 Å². The Kier molecular flexibility index (Phi) is 7.02. The van der Waals surface area contributed by atoms with Crippen LogP contribution < -0.4 is 9.47 Å². The van der Waals surface area contributed by atoms with E-state index >= 15 is 0 Å². The van der Waals surface area contributed by atoms with Gasteiger partial charge in [-0.15, -0.1) is 0 Å². The summed E-state index contributed by atoms with van der Waals surface area (Å²) in [5.74, 6) is 0.872. The van der Waals surface area contributed by atoms with Gasteiger partial charge in [0.25, 0.3) is 0 Å². The van der Waals surface area contributed by atoms with E-state index in [1.807, 2.05) is 0 Å². The van der Waals surface area contributed by atoms with Crippen LogP contribution in [0.1, 0.15) is 22.8 Å². The second-order valence-electron chi connectivity index (χ2n) is 5.16. The summed E-state index contributed by atoms with van der Waals surface area (Å²) in [6, 6.07) is 12.1. The van der Waals surface area contributed by atoms with Crippen LogP contribution in [-0.4, -0.2) is 40.2 Å². The number of hydrogen-bond donors (Lipinski definition) is 4. The van der Waals surface area contributed by atoms with Gasteiger partial charge in [0, 0.05) is 5.56 Å². The smallest absolute Gasteiger partial charge is 0.162 e. The zero-order valence-electron chi connectivity index (χ0n) is 13.3. The molecule has 2 aromatic carbocycles. The molecule has 2 rings (SSSR count). The van der Waals surface area contributed by atoms with Gasteiger partial charge in [0.15, 0.2) is 11.5 Å². The Morgan fingerprint density at radius 1 is 0.875 bits per heavy atom. The molecule has 1 atom stereocenters. The fourth-order valence-electron chi connectivity index (χ4n) is 2.36. The second kappa shape index (κ2) is 9.24. The molecular formula is C18H22O6. The lowest BCUT2D eigenvalue weighted by Crippen LogP contribution is -2.15. The van der Waals surface area contributed by atoms with Crippen LogP contribution in [0.3, 0.4) is 0 Å². The van der Waals surface area contributed by atoms with Crippen LogP contribution in [0.15, 0.2) is 42.5 Å². The molecule has 0 aliphatic carbocycles. The topological polar surface area (TPSA) is 99.4 Å². The Morgan fingerprint density at radius 3 is 2.25 bits per heavy atom. The highest BCUT2D eigenvalue weighted by Crippen LogP contribution is 2.32. The zero-order chi connectivity index (χ0) is 17.4. The van der Waals surface area contributed by atoms with E-state index in [1.54, 1.807) is 42.5 Å². The Hall–Kier alpha value is -2.12. The van der Waals surface area contributed by atoms with Gasteiger partial charge >= 0.3 is 0 Å². The molecule has 6 heteroatoms. The van der Waals surface area contributed by atoms with E-state index in [9.17, 15) is 15.3 Å². The molecule has 1 unspecified atom stereocenters. The third-order valence-electron chi connectivity index (χ3n) is 3.54. The molecule has 0 saturated carbocycles. The van der Waals surface area contributed by atoms with E-state index in [1.165, 1.54) is 0 Å². The van der Waals surface area contributed by atoms with E-state index < -0.39 is 6.10 Å². The fraction of sp³-hybridized carbons (Fsp3) is 0.333. The summed E-state index contributed by atoms with van der Waals surface area (Å²) in [7, 11) is 0. The number of para-hydroxylation sites is 2. The lowest BCUT2D eigenvalue weighted by Gasteiger charge is -2.22. The highest BCUT2D eigenvalue weighted by Gasteiger charge is 2.19. The highest BCUT2D eigenvalue weighted by atomic mass is 16.5. The maximum Gasteiger partial charge on any atom is 0.162 e. The van der Waals surface area contributed by atoms with E-state index in [0.717, 1.165) is 0 Å². The van der Waals surface area contributed by atoms with Gasteiger partial charge in [0.1, 0.15) is 12.7 Å². The van der Waals surface area contributed by atoms with Gasteiger partial charge in [0.05, 0.1) is 26.4 Å². The molecule has 0 spiro atoms. The van der Waals surface area contributed by atoms with Gasteiger partial charge in [-0.2, -0.15) is 0 Å². The largest absolute Gasteiger partial charge is 0.487 e. The Bertz CT molecular complexity index is 643. The molecule has 0 aliphatic heterocycles. The van der Waals surface area contributed by atoms with Crippen molar-refractivity contribution in [2.45, 2.75) is 19.3 Å². The van der Waals surface area contributed by atoms with Gasteiger partial charge in [-0.1, -0.05) is 24.3 Å². The van der Waals surface area contributed by atoms with Crippen LogP contribution in [0.2, 0.25) is 0 Å². The predicted octanol–water partition coefficient (Wildman–Crippen LogP) is 1.15. The average molecular weight is 334 g/mol. The van der Waals surface area contributed by atoms with Crippen LogP contribution in [0.4, 0.5) is 0 Å². The van der Waals surface area contributed by atoms with Gasteiger partial charge in [-0.05, 0) is 29.3 Å². The molecule has 0 bridgehead atoms. The second-order valence-corrected chi connectivity index (χ2v) is 5.16. The standard InChI is InChI=1S/C18H22O6/c19-7-8-23-16-3-1-2-4-17(16)24-18(12-22)15-9-13(10-20)5-6-14(15)11-21/h1-6,9,18-22H,7-8,10-12H2. The van der Waals surface area contributed by atoms with Gasteiger partial charge in [-0.3, -0.25) is 0 Å². The van der Waals surface area contributed by atoms with Crippen molar-refractivity contribution < 1.29 is 29.9 Å². The molecule has 2 aromatic rings. The molecule has 4 N–H and O–H groups in total. The Morgan fingerprint density at radius 2 is 1.62 bits per heavy atom. The number of rotatable bonds is 9. The lowest BCUT2D eigenvalue weighted by molar-refractivity contribution is 0.108.